The highest BCUT2D eigenvalue weighted by Crippen LogP contribution is 2.46. The van der Waals surface area contributed by atoms with Gasteiger partial charge in [0.15, 0.2) is 16.6 Å². The molecular weight excluding hydrogens is 516 g/mol. The van der Waals surface area contributed by atoms with Crippen LogP contribution >= 0.6 is 11.3 Å². The Morgan fingerprint density at radius 3 is 2.62 bits per heavy atom. The van der Waals surface area contributed by atoms with Crippen LogP contribution in [0, 0.1) is 6.92 Å². The Bertz CT molecular complexity index is 1690. The molecule has 0 unspecified atom stereocenters. The summed E-state index contributed by atoms with van der Waals surface area (Å²) in [5.41, 5.74) is 3.71. The third-order valence-corrected chi connectivity index (χ3v) is 8.09. The molecule has 0 saturated carbocycles. The van der Waals surface area contributed by atoms with Crippen molar-refractivity contribution in [3.63, 3.8) is 0 Å². The van der Waals surface area contributed by atoms with E-state index < -0.39 is 17.7 Å². The van der Waals surface area contributed by atoms with Gasteiger partial charge in [0.2, 0.25) is 0 Å². The van der Waals surface area contributed by atoms with Crippen LogP contribution < -0.4 is 19.1 Å². The Labute approximate surface area is 229 Å². The summed E-state index contributed by atoms with van der Waals surface area (Å²) in [6.45, 7) is 3.96. The first-order valence-electron chi connectivity index (χ1n) is 12.5. The first-order valence-corrected chi connectivity index (χ1v) is 13.3. The Morgan fingerprint density at radius 2 is 1.85 bits per heavy atom. The number of carbonyl (C=O) groups is 2. The van der Waals surface area contributed by atoms with Gasteiger partial charge in [-0.05, 0) is 73.0 Å². The maximum Gasteiger partial charge on any atom is 0.301 e. The third kappa shape index (κ3) is 4.10. The molecule has 8 nitrogen and oxygen atoms in total. The van der Waals surface area contributed by atoms with Gasteiger partial charge in [-0.2, -0.15) is 0 Å². The van der Waals surface area contributed by atoms with E-state index >= 15 is 0 Å². The van der Waals surface area contributed by atoms with Gasteiger partial charge in [0, 0.05) is 12.0 Å². The first kappa shape index (κ1) is 24.9. The van der Waals surface area contributed by atoms with Crippen molar-refractivity contribution in [1.82, 2.24) is 4.98 Å². The smallest absolute Gasteiger partial charge is 0.301 e. The predicted molar refractivity (Wildman–Crippen MR) is 149 cm³/mol. The van der Waals surface area contributed by atoms with Crippen molar-refractivity contribution in [2.75, 3.05) is 19.1 Å². The molecule has 2 aliphatic heterocycles. The van der Waals surface area contributed by atoms with E-state index in [9.17, 15) is 14.7 Å². The summed E-state index contributed by atoms with van der Waals surface area (Å²) in [4.78, 5) is 33.3. The molecule has 3 heterocycles. The number of anilines is 1. The van der Waals surface area contributed by atoms with Gasteiger partial charge < -0.3 is 19.3 Å². The summed E-state index contributed by atoms with van der Waals surface area (Å²) < 4.78 is 17.6. The highest BCUT2D eigenvalue weighted by molar-refractivity contribution is 7.22. The zero-order valence-electron chi connectivity index (χ0n) is 21.8. The standard InChI is InChI=1S/C30H26N2O6S/c1-15-5-8-20-24(11-15)39-30(31-20)32-26(17-6-10-22(36-3)23(14-17)37-4)25(28(34)29(32)35)27(33)18-7-9-21-19(13-18)12-16(2)38-21/h5-11,13-14,16,26,33H,12H2,1-4H3/b27-25+/t16-,26-/m0/s1. The molecule has 2 atom stereocenters. The second-order valence-corrected chi connectivity index (χ2v) is 10.7. The van der Waals surface area contributed by atoms with Crippen molar-refractivity contribution < 1.29 is 28.9 Å². The molecule has 198 valence electrons. The Balaban J connectivity index is 1.55. The zero-order chi connectivity index (χ0) is 27.4. The number of ether oxygens (including phenoxy) is 3. The lowest BCUT2D eigenvalue weighted by molar-refractivity contribution is -0.132. The third-order valence-electron chi connectivity index (χ3n) is 7.08. The number of hydrogen-bond donors (Lipinski definition) is 1. The molecule has 1 N–H and O–H groups in total. The van der Waals surface area contributed by atoms with Crippen molar-refractivity contribution in [1.29, 1.82) is 0 Å². The van der Waals surface area contributed by atoms with Gasteiger partial charge in [-0.3, -0.25) is 14.5 Å². The number of ketones is 1. The predicted octanol–water partition coefficient (Wildman–Crippen LogP) is 5.57. The van der Waals surface area contributed by atoms with Crippen LogP contribution in [0.3, 0.4) is 0 Å². The monoisotopic (exact) mass is 542 g/mol. The molecule has 1 aromatic heterocycles. The van der Waals surface area contributed by atoms with E-state index in [1.54, 1.807) is 30.3 Å². The van der Waals surface area contributed by atoms with E-state index in [1.165, 1.54) is 30.5 Å². The number of benzene rings is 3. The Kier molecular flexibility index (Phi) is 6.03. The average molecular weight is 543 g/mol. The minimum Gasteiger partial charge on any atom is -0.507 e. The maximum atomic E-state index is 13.6. The fraction of sp³-hybridized carbons (Fsp3) is 0.233. The average Bonchev–Trinajstić information content (AvgIpc) is 3.59. The Hall–Kier alpha value is -4.37. The number of rotatable bonds is 5. The molecule has 4 aromatic rings. The second kappa shape index (κ2) is 9.43. The van der Waals surface area contributed by atoms with E-state index in [1.807, 2.05) is 38.1 Å². The highest BCUT2D eigenvalue weighted by Gasteiger charge is 2.48. The van der Waals surface area contributed by atoms with Gasteiger partial charge in [0.25, 0.3) is 5.78 Å². The number of carbonyl (C=O) groups excluding carboxylic acids is 2. The fourth-order valence-corrected chi connectivity index (χ4v) is 6.31. The normalized spacial score (nSPS) is 19.8. The van der Waals surface area contributed by atoms with Gasteiger partial charge in [-0.25, -0.2) is 4.98 Å². The quantitative estimate of drug-likeness (QED) is 0.200. The summed E-state index contributed by atoms with van der Waals surface area (Å²) >= 11 is 1.32. The molecule has 1 fully saturated rings. The second-order valence-electron chi connectivity index (χ2n) is 9.71. The van der Waals surface area contributed by atoms with Crippen molar-refractivity contribution in [2.45, 2.75) is 32.4 Å². The van der Waals surface area contributed by atoms with Crippen LogP contribution in [0.2, 0.25) is 0 Å². The van der Waals surface area contributed by atoms with Crippen LogP contribution in [-0.2, 0) is 16.0 Å². The van der Waals surface area contributed by atoms with E-state index in [0.717, 1.165) is 27.1 Å². The molecule has 6 rings (SSSR count). The van der Waals surface area contributed by atoms with Crippen LogP contribution in [0.5, 0.6) is 17.2 Å². The van der Waals surface area contributed by atoms with Crippen molar-refractivity contribution in [2.24, 2.45) is 0 Å². The Morgan fingerprint density at radius 1 is 1.05 bits per heavy atom. The van der Waals surface area contributed by atoms with E-state index in [-0.39, 0.29) is 17.4 Å². The van der Waals surface area contributed by atoms with Crippen molar-refractivity contribution >= 4 is 44.1 Å². The molecule has 0 radical (unpaired) electrons. The summed E-state index contributed by atoms with van der Waals surface area (Å²) in [6.07, 6.45) is 0.715. The lowest BCUT2D eigenvalue weighted by Crippen LogP contribution is -2.29. The van der Waals surface area contributed by atoms with Gasteiger partial charge in [0.05, 0.1) is 36.1 Å². The van der Waals surface area contributed by atoms with Crippen LogP contribution in [0.4, 0.5) is 5.13 Å². The number of aliphatic hydroxyl groups excluding tert-OH is 1. The van der Waals surface area contributed by atoms with Crippen LogP contribution in [0.1, 0.15) is 35.2 Å². The van der Waals surface area contributed by atoms with E-state index in [2.05, 4.69) is 4.98 Å². The SMILES string of the molecule is COc1ccc([C@H]2/C(=C(\O)c3ccc4c(c3)C[C@H](C)O4)C(=O)C(=O)N2c2nc3ccc(C)cc3s2)cc1OC. The van der Waals surface area contributed by atoms with E-state index in [4.69, 9.17) is 14.2 Å². The number of methoxy groups -OCH3 is 2. The fourth-order valence-electron chi connectivity index (χ4n) is 5.22. The van der Waals surface area contributed by atoms with Crippen LogP contribution in [0.25, 0.3) is 16.0 Å². The maximum absolute atomic E-state index is 13.6. The molecule has 0 spiro atoms. The van der Waals surface area contributed by atoms with Crippen molar-refractivity contribution in [3.8, 4) is 17.2 Å². The van der Waals surface area contributed by atoms with Gasteiger partial charge in [-0.1, -0.05) is 23.5 Å². The number of aliphatic hydroxyl groups is 1. The number of amides is 1. The largest absolute Gasteiger partial charge is 0.507 e. The van der Waals surface area contributed by atoms with Crippen LogP contribution in [-0.4, -0.2) is 42.1 Å². The van der Waals surface area contributed by atoms with Crippen molar-refractivity contribution in [3.05, 3.63) is 82.4 Å². The molecule has 3 aromatic carbocycles. The number of aromatic nitrogens is 1. The number of Topliss-reactive ketones (excluding diaryl/α,β-unsaturated/α-hetero) is 1. The van der Waals surface area contributed by atoms with E-state index in [0.29, 0.717) is 34.2 Å². The zero-order valence-corrected chi connectivity index (χ0v) is 22.7. The summed E-state index contributed by atoms with van der Waals surface area (Å²) in [7, 11) is 3.05. The molecule has 0 aliphatic carbocycles. The lowest BCUT2D eigenvalue weighted by atomic mass is 9.94. The van der Waals surface area contributed by atoms with Gasteiger partial charge >= 0.3 is 5.91 Å². The highest BCUT2D eigenvalue weighted by atomic mass is 32.1. The molecule has 1 amide bonds. The number of hydrogen-bond acceptors (Lipinski definition) is 8. The summed E-state index contributed by atoms with van der Waals surface area (Å²) in [6, 6.07) is 15.4. The minimum absolute atomic E-state index is 0.0189. The minimum atomic E-state index is -0.935. The molecule has 9 heteroatoms. The van der Waals surface area contributed by atoms with Gasteiger partial charge in [0.1, 0.15) is 17.6 Å². The summed E-state index contributed by atoms with van der Waals surface area (Å²) in [5.74, 6) is -0.112. The van der Waals surface area contributed by atoms with Crippen LogP contribution in [0.15, 0.2) is 60.2 Å². The number of nitrogens with zero attached hydrogens (tertiary/aromatic N) is 2. The number of thiazole rings is 1. The lowest BCUT2D eigenvalue weighted by Gasteiger charge is -2.23. The number of fused-ring (bicyclic) bond motifs is 2. The van der Waals surface area contributed by atoms with Gasteiger partial charge in [-0.15, -0.1) is 0 Å². The summed E-state index contributed by atoms with van der Waals surface area (Å²) in [5, 5.41) is 11.9. The topological polar surface area (TPSA) is 98.2 Å². The number of aryl methyl sites for hydroxylation is 1. The molecule has 39 heavy (non-hydrogen) atoms. The molecule has 0 bridgehead atoms. The molecular formula is C30H26N2O6S. The first-order chi connectivity index (χ1) is 18.8. The molecule has 1 saturated heterocycles. The molecule has 2 aliphatic rings.